The standard InChI is InChI=1S/C21H14ClF2NO6S/c22-15-7-12-9-19(20(15)26)32(28,29)25-17-8-11(1-3-16(17)24)14-10-13(23)2-4-18(14)30-5-6-31-21(12)27/h1-4,7-10,25-26H,5-6H2. The number of fused-ring (bicyclic) bond motifs is 6. The van der Waals surface area contributed by atoms with Crippen LogP contribution in [-0.4, -0.2) is 32.7 Å². The zero-order valence-electron chi connectivity index (χ0n) is 16.1. The maximum absolute atomic E-state index is 14.5. The van der Waals surface area contributed by atoms with Crippen LogP contribution in [-0.2, 0) is 14.8 Å². The second-order valence-electron chi connectivity index (χ2n) is 6.73. The van der Waals surface area contributed by atoms with Gasteiger partial charge in [0, 0.05) is 5.56 Å². The molecule has 3 aromatic rings. The van der Waals surface area contributed by atoms with Crippen molar-refractivity contribution < 1.29 is 36.6 Å². The Morgan fingerprint density at radius 2 is 1.72 bits per heavy atom. The van der Waals surface area contributed by atoms with Crippen LogP contribution in [0, 0.1) is 11.6 Å². The third-order valence-corrected chi connectivity index (χ3v) is 6.26. The van der Waals surface area contributed by atoms with Gasteiger partial charge in [0.25, 0.3) is 10.0 Å². The summed E-state index contributed by atoms with van der Waals surface area (Å²) >= 11 is 5.89. The molecule has 1 aliphatic rings. The van der Waals surface area contributed by atoms with Gasteiger partial charge >= 0.3 is 5.97 Å². The van der Waals surface area contributed by atoms with Gasteiger partial charge in [0.15, 0.2) is 5.75 Å². The van der Waals surface area contributed by atoms with E-state index in [0.717, 1.165) is 36.4 Å². The van der Waals surface area contributed by atoms with Crippen LogP contribution in [0.3, 0.4) is 0 Å². The molecule has 1 aliphatic heterocycles. The minimum Gasteiger partial charge on any atom is -0.505 e. The largest absolute Gasteiger partial charge is 0.505 e. The van der Waals surface area contributed by atoms with Gasteiger partial charge in [-0.25, -0.2) is 22.0 Å². The first kappa shape index (κ1) is 21.8. The normalized spacial score (nSPS) is 15.3. The number of phenolic OH excluding ortho intramolecular Hbond substituents is 1. The number of hydrogen-bond acceptors (Lipinski definition) is 6. The summed E-state index contributed by atoms with van der Waals surface area (Å²) in [5.41, 5.74) is -0.254. The summed E-state index contributed by atoms with van der Waals surface area (Å²) in [5, 5.41) is 9.76. The van der Waals surface area contributed by atoms with Crippen molar-refractivity contribution in [3.63, 3.8) is 0 Å². The fourth-order valence-electron chi connectivity index (χ4n) is 3.09. The topological polar surface area (TPSA) is 102 Å². The number of ether oxygens (including phenoxy) is 2. The second kappa shape index (κ2) is 8.29. The van der Waals surface area contributed by atoms with Crippen molar-refractivity contribution in [2.75, 3.05) is 17.9 Å². The first-order valence-electron chi connectivity index (χ1n) is 9.10. The Morgan fingerprint density at radius 3 is 2.50 bits per heavy atom. The number of carbonyl (C=O) groups excluding carboxylic acids is 1. The molecule has 32 heavy (non-hydrogen) atoms. The molecule has 0 saturated carbocycles. The molecule has 4 bridgehead atoms. The smallest absolute Gasteiger partial charge is 0.338 e. The lowest BCUT2D eigenvalue weighted by molar-refractivity contribution is 0.0450. The van der Waals surface area contributed by atoms with E-state index >= 15 is 0 Å². The molecule has 7 nitrogen and oxygen atoms in total. The molecule has 3 aromatic carbocycles. The van der Waals surface area contributed by atoms with E-state index < -0.39 is 49.0 Å². The minimum atomic E-state index is -4.60. The van der Waals surface area contributed by atoms with Crippen molar-refractivity contribution in [2.45, 2.75) is 4.90 Å². The summed E-state index contributed by atoms with van der Waals surface area (Å²) in [6, 6.07) is 9.01. The van der Waals surface area contributed by atoms with Gasteiger partial charge in [-0.05, 0) is 48.0 Å². The molecule has 2 N–H and O–H groups in total. The molecule has 4 rings (SSSR count). The van der Waals surface area contributed by atoms with Crippen LogP contribution in [0.1, 0.15) is 10.4 Å². The maximum atomic E-state index is 14.5. The first-order chi connectivity index (χ1) is 15.2. The van der Waals surface area contributed by atoms with Crippen LogP contribution >= 0.6 is 11.6 Å². The molecule has 0 atom stereocenters. The number of aromatic hydroxyl groups is 1. The zero-order chi connectivity index (χ0) is 23.0. The minimum absolute atomic E-state index is 0.104. The third kappa shape index (κ3) is 4.19. The number of halogens is 3. The molecule has 0 saturated heterocycles. The fourth-order valence-corrected chi connectivity index (χ4v) is 4.57. The van der Waals surface area contributed by atoms with Gasteiger partial charge in [-0.15, -0.1) is 0 Å². The van der Waals surface area contributed by atoms with E-state index in [2.05, 4.69) is 0 Å². The predicted octanol–water partition coefficient (Wildman–Crippen LogP) is 4.34. The van der Waals surface area contributed by atoms with Crippen LogP contribution in [0.25, 0.3) is 11.1 Å². The lowest BCUT2D eigenvalue weighted by atomic mass is 10.0. The molecular formula is C21H14ClF2NO6S. The molecule has 0 amide bonds. The Kier molecular flexibility index (Phi) is 5.66. The molecule has 1 heterocycles. The molecule has 0 spiro atoms. The number of phenols is 1. The molecule has 0 unspecified atom stereocenters. The summed E-state index contributed by atoms with van der Waals surface area (Å²) in [6.45, 7) is -0.323. The van der Waals surface area contributed by atoms with Gasteiger partial charge in [0.2, 0.25) is 0 Å². The number of rotatable bonds is 0. The van der Waals surface area contributed by atoms with Crippen molar-refractivity contribution >= 4 is 33.3 Å². The van der Waals surface area contributed by atoms with E-state index in [0.29, 0.717) is 0 Å². The highest BCUT2D eigenvalue weighted by atomic mass is 35.5. The molecule has 0 radical (unpaired) electrons. The summed E-state index contributed by atoms with van der Waals surface area (Å²) in [7, 11) is -4.60. The van der Waals surface area contributed by atoms with Gasteiger partial charge in [-0.3, -0.25) is 4.72 Å². The summed E-state index contributed by atoms with van der Waals surface area (Å²) in [4.78, 5) is 11.6. The number of esters is 1. The van der Waals surface area contributed by atoms with Crippen molar-refractivity contribution in [3.05, 3.63) is 70.8 Å². The number of carbonyl (C=O) groups is 1. The second-order valence-corrected chi connectivity index (χ2v) is 8.79. The highest BCUT2D eigenvalue weighted by molar-refractivity contribution is 7.92. The fraction of sp³-hybridized carbons (Fsp3) is 0.0952. The Hall–Kier alpha value is -3.37. The van der Waals surface area contributed by atoms with Crippen molar-refractivity contribution in [2.24, 2.45) is 0 Å². The average Bonchev–Trinajstić information content (AvgIpc) is 2.74. The van der Waals surface area contributed by atoms with Gasteiger partial charge in [0.05, 0.1) is 16.3 Å². The Balaban J connectivity index is 1.91. The van der Waals surface area contributed by atoms with Crippen LogP contribution in [0.5, 0.6) is 11.5 Å². The molecular weight excluding hydrogens is 468 g/mol. The average molecular weight is 482 g/mol. The maximum Gasteiger partial charge on any atom is 0.338 e. The number of nitrogens with one attached hydrogen (secondary N) is 1. The lowest BCUT2D eigenvalue weighted by Crippen LogP contribution is -2.16. The van der Waals surface area contributed by atoms with Crippen molar-refractivity contribution in [1.82, 2.24) is 0 Å². The van der Waals surface area contributed by atoms with Crippen molar-refractivity contribution in [3.8, 4) is 22.6 Å². The van der Waals surface area contributed by atoms with E-state index in [4.69, 9.17) is 21.1 Å². The quantitative estimate of drug-likeness (QED) is 0.463. The summed E-state index contributed by atoms with van der Waals surface area (Å²) in [6.07, 6.45) is 0. The number of benzene rings is 3. The Morgan fingerprint density at radius 1 is 0.969 bits per heavy atom. The molecule has 0 aliphatic carbocycles. The highest BCUT2D eigenvalue weighted by Crippen LogP contribution is 2.36. The van der Waals surface area contributed by atoms with E-state index in [9.17, 15) is 27.1 Å². The predicted molar refractivity (Wildman–Crippen MR) is 111 cm³/mol. The van der Waals surface area contributed by atoms with Crippen LogP contribution in [0.15, 0.2) is 53.4 Å². The molecule has 0 fully saturated rings. The first-order valence-corrected chi connectivity index (χ1v) is 11.0. The van der Waals surface area contributed by atoms with Gasteiger partial charge in [-0.2, -0.15) is 0 Å². The SMILES string of the molecule is O=C1OCCOc2ccc(F)cc2-c2ccc(F)c(c2)NS(=O)(=O)c2cc1cc(Cl)c2O. The number of anilines is 1. The lowest BCUT2D eigenvalue weighted by Gasteiger charge is -2.14. The summed E-state index contributed by atoms with van der Waals surface area (Å²) in [5.74, 6) is -3.07. The number of hydrogen-bond donors (Lipinski definition) is 2. The van der Waals surface area contributed by atoms with E-state index in [-0.39, 0.29) is 35.7 Å². The van der Waals surface area contributed by atoms with E-state index in [1.54, 1.807) is 0 Å². The van der Waals surface area contributed by atoms with Gasteiger partial charge < -0.3 is 14.6 Å². The third-order valence-electron chi connectivity index (χ3n) is 4.59. The Labute approximate surface area is 186 Å². The molecule has 166 valence electrons. The van der Waals surface area contributed by atoms with Crippen molar-refractivity contribution in [1.29, 1.82) is 0 Å². The van der Waals surface area contributed by atoms with Gasteiger partial charge in [0.1, 0.15) is 35.5 Å². The molecule has 11 heteroatoms. The molecule has 0 aromatic heterocycles. The van der Waals surface area contributed by atoms with Crippen LogP contribution in [0.2, 0.25) is 5.02 Å². The van der Waals surface area contributed by atoms with Gasteiger partial charge in [-0.1, -0.05) is 17.7 Å². The zero-order valence-corrected chi connectivity index (χ0v) is 17.6. The van der Waals surface area contributed by atoms with E-state index in [1.165, 1.54) is 12.1 Å². The number of sulfonamides is 1. The monoisotopic (exact) mass is 481 g/mol. The van der Waals surface area contributed by atoms with E-state index in [1.807, 2.05) is 4.72 Å². The Bertz CT molecular complexity index is 1350. The van der Waals surface area contributed by atoms with Crippen LogP contribution < -0.4 is 9.46 Å². The number of cyclic esters (lactones) is 1. The summed E-state index contributed by atoms with van der Waals surface area (Å²) < 4.78 is 66.9. The highest BCUT2D eigenvalue weighted by Gasteiger charge is 2.26. The van der Waals surface area contributed by atoms with Crippen LogP contribution in [0.4, 0.5) is 14.5 Å².